The van der Waals surface area contributed by atoms with Crippen molar-refractivity contribution in [1.29, 1.82) is 0 Å². The molecule has 32 heavy (non-hydrogen) atoms. The molecule has 1 fully saturated rings. The number of Topliss-reactive ketones (excluding diaryl/α,β-unsaturated/α-hetero) is 1. The van der Waals surface area contributed by atoms with Gasteiger partial charge in [0.25, 0.3) is 5.91 Å². The molecule has 1 saturated heterocycles. The quantitative estimate of drug-likeness (QED) is 0.532. The number of aromatic nitrogens is 2. The van der Waals surface area contributed by atoms with Crippen molar-refractivity contribution in [3.05, 3.63) is 77.1 Å². The number of sulfonamides is 1. The number of carbonyl (C=O) groups excluding carboxylic acids is 2. The molecule has 3 aromatic rings. The average Bonchev–Trinajstić information content (AvgIpc) is 3.29. The van der Waals surface area contributed by atoms with E-state index in [1.165, 1.54) is 28.0 Å². The monoisotopic (exact) mass is 472 g/mol. The normalized spacial score (nSPS) is 15.0. The van der Waals surface area contributed by atoms with Crippen molar-refractivity contribution < 1.29 is 18.0 Å². The van der Waals surface area contributed by atoms with E-state index in [2.05, 4.69) is 5.10 Å². The van der Waals surface area contributed by atoms with Crippen LogP contribution in [0.5, 0.6) is 0 Å². The lowest BCUT2D eigenvalue weighted by Crippen LogP contribution is -2.50. The molecule has 1 aromatic heterocycles. The summed E-state index contributed by atoms with van der Waals surface area (Å²) in [5.74, 6) is -0.472. The summed E-state index contributed by atoms with van der Waals surface area (Å²) >= 11 is 6.20. The van der Waals surface area contributed by atoms with Crippen molar-refractivity contribution in [2.45, 2.75) is 11.8 Å². The SMILES string of the molecule is CC(=O)c1cccc(S(=O)(=O)N2CCN(C(=O)c3ccn(-c4ccccc4Cl)n3)CC2)c1. The predicted molar refractivity (Wildman–Crippen MR) is 120 cm³/mol. The molecule has 166 valence electrons. The maximum Gasteiger partial charge on any atom is 0.274 e. The van der Waals surface area contributed by atoms with Gasteiger partial charge in [-0.15, -0.1) is 0 Å². The Morgan fingerprint density at radius 2 is 1.69 bits per heavy atom. The maximum absolute atomic E-state index is 13.0. The predicted octanol–water partition coefficient (Wildman–Crippen LogP) is 2.88. The topological polar surface area (TPSA) is 92.6 Å². The molecular weight excluding hydrogens is 452 g/mol. The number of nitrogens with zero attached hydrogens (tertiary/aromatic N) is 4. The van der Waals surface area contributed by atoms with Gasteiger partial charge in [0.2, 0.25) is 10.0 Å². The molecular formula is C22H21ClN4O4S. The van der Waals surface area contributed by atoms with Crippen molar-refractivity contribution >= 4 is 33.3 Å². The summed E-state index contributed by atoms with van der Waals surface area (Å²) in [6, 6.07) is 14.8. The van der Waals surface area contributed by atoms with Gasteiger partial charge in [-0.3, -0.25) is 9.59 Å². The maximum atomic E-state index is 13.0. The highest BCUT2D eigenvalue weighted by Crippen LogP contribution is 2.21. The van der Waals surface area contributed by atoms with Crippen LogP contribution in [0.15, 0.2) is 65.7 Å². The van der Waals surface area contributed by atoms with E-state index in [1.54, 1.807) is 41.4 Å². The molecule has 0 radical (unpaired) electrons. The fourth-order valence-electron chi connectivity index (χ4n) is 3.53. The lowest BCUT2D eigenvalue weighted by Gasteiger charge is -2.33. The lowest BCUT2D eigenvalue weighted by atomic mass is 10.2. The smallest absolute Gasteiger partial charge is 0.274 e. The summed E-state index contributed by atoms with van der Waals surface area (Å²) in [6.07, 6.45) is 1.66. The zero-order valence-electron chi connectivity index (χ0n) is 17.3. The lowest BCUT2D eigenvalue weighted by molar-refractivity contribution is 0.0691. The number of halogens is 1. The molecule has 0 bridgehead atoms. The molecule has 2 aromatic carbocycles. The Labute approximate surface area is 191 Å². The van der Waals surface area contributed by atoms with Gasteiger partial charge in [0.05, 0.1) is 15.6 Å². The Balaban J connectivity index is 1.45. The highest BCUT2D eigenvalue weighted by molar-refractivity contribution is 7.89. The van der Waals surface area contributed by atoms with E-state index < -0.39 is 10.0 Å². The summed E-state index contributed by atoms with van der Waals surface area (Å²) in [7, 11) is -3.76. The Morgan fingerprint density at radius 3 is 2.38 bits per heavy atom. The number of piperazine rings is 1. The van der Waals surface area contributed by atoms with Gasteiger partial charge < -0.3 is 4.90 Å². The summed E-state index contributed by atoms with van der Waals surface area (Å²) in [4.78, 5) is 26.1. The molecule has 1 aliphatic heterocycles. The van der Waals surface area contributed by atoms with Crippen molar-refractivity contribution in [2.75, 3.05) is 26.2 Å². The Morgan fingerprint density at radius 1 is 0.969 bits per heavy atom. The van der Waals surface area contributed by atoms with Crippen LogP contribution in [0.25, 0.3) is 5.69 Å². The Kier molecular flexibility index (Phi) is 6.14. The third-order valence-electron chi connectivity index (χ3n) is 5.31. The number of para-hydroxylation sites is 1. The van der Waals surface area contributed by atoms with Crippen LogP contribution in [0.4, 0.5) is 0 Å². The highest BCUT2D eigenvalue weighted by Gasteiger charge is 2.31. The molecule has 0 N–H and O–H groups in total. The molecule has 10 heteroatoms. The number of hydrogen-bond acceptors (Lipinski definition) is 5. The van der Waals surface area contributed by atoms with Crippen LogP contribution in [-0.4, -0.2) is 65.3 Å². The Bertz CT molecular complexity index is 1280. The zero-order chi connectivity index (χ0) is 22.9. The minimum atomic E-state index is -3.76. The molecule has 8 nitrogen and oxygen atoms in total. The standard InChI is InChI=1S/C22H21ClN4O4S/c1-16(28)17-5-4-6-18(15-17)32(30,31)26-13-11-25(12-14-26)22(29)20-9-10-27(24-20)21-8-3-2-7-19(21)23/h2-10,15H,11-14H2,1H3. The largest absolute Gasteiger partial charge is 0.335 e. The van der Waals surface area contributed by atoms with Crippen LogP contribution in [0, 0.1) is 0 Å². The number of carbonyl (C=O) groups is 2. The van der Waals surface area contributed by atoms with Crippen molar-refractivity contribution in [3.8, 4) is 5.69 Å². The van der Waals surface area contributed by atoms with E-state index in [0.717, 1.165) is 0 Å². The number of rotatable bonds is 5. The van der Waals surface area contributed by atoms with Crippen LogP contribution in [0.1, 0.15) is 27.8 Å². The van der Waals surface area contributed by atoms with Gasteiger partial charge >= 0.3 is 0 Å². The number of amides is 1. The highest BCUT2D eigenvalue weighted by atomic mass is 35.5. The van der Waals surface area contributed by atoms with Crippen LogP contribution in [0.2, 0.25) is 5.02 Å². The van der Waals surface area contributed by atoms with E-state index in [0.29, 0.717) is 16.3 Å². The molecule has 4 rings (SSSR count). The minimum Gasteiger partial charge on any atom is -0.335 e. The summed E-state index contributed by atoms with van der Waals surface area (Å²) < 4.78 is 28.8. The second-order valence-electron chi connectivity index (χ2n) is 7.38. The van der Waals surface area contributed by atoms with Gasteiger partial charge in [-0.2, -0.15) is 9.40 Å². The first kappa shape index (κ1) is 22.2. The molecule has 0 unspecified atom stereocenters. The van der Waals surface area contributed by atoms with E-state index in [1.807, 2.05) is 12.1 Å². The Hall–Kier alpha value is -3.01. The molecule has 1 aliphatic rings. The van der Waals surface area contributed by atoms with Gasteiger partial charge in [0, 0.05) is 37.9 Å². The zero-order valence-corrected chi connectivity index (χ0v) is 18.9. The first-order valence-corrected chi connectivity index (χ1v) is 11.8. The van der Waals surface area contributed by atoms with Gasteiger partial charge in [-0.05, 0) is 37.3 Å². The first-order valence-electron chi connectivity index (χ1n) is 9.98. The molecule has 0 spiro atoms. The van der Waals surface area contributed by atoms with Crippen LogP contribution < -0.4 is 0 Å². The molecule has 0 atom stereocenters. The molecule has 1 amide bonds. The van der Waals surface area contributed by atoms with Gasteiger partial charge in [-0.1, -0.05) is 35.9 Å². The summed E-state index contributed by atoms with van der Waals surface area (Å²) in [6.45, 7) is 2.18. The summed E-state index contributed by atoms with van der Waals surface area (Å²) in [5.41, 5.74) is 1.27. The van der Waals surface area contributed by atoms with E-state index in [-0.39, 0.29) is 48.5 Å². The van der Waals surface area contributed by atoms with Crippen molar-refractivity contribution in [3.63, 3.8) is 0 Å². The van der Waals surface area contributed by atoms with Gasteiger partial charge in [-0.25, -0.2) is 13.1 Å². The van der Waals surface area contributed by atoms with E-state index in [4.69, 9.17) is 11.6 Å². The van der Waals surface area contributed by atoms with Crippen LogP contribution in [0.3, 0.4) is 0 Å². The van der Waals surface area contributed by atoms with Crippen molar-refractivity contribution in [1.82, 2.24) is 19.0 Å². The number of ketones is 1. The minimum absolute atomic E-state index is 0.0726. The fraction of sp³-hybridized carbons (Fsp3) is 0.227. The number of benzene rings is 2. The van der Waals surface area contributed by atoms with Gasteiger partial charge in [0.1, 0.15) is 0 Å². The second-order valence-corrected chi connectivity index (χ2v) is 9.72. The molecule has 0 aliphatic carbocycles. The third kappa shape index (κ3) is 4.32. The average molecular weight is 473 g/mol. The molecule has 2 heterocycles. The van der Waals surface area contributed by atoms with E-state index in [9.17, 15) is 18.0 Å². The van der Waals surface area contributed by atoms with Crippen molar-refractivity contribution in [2.24, 2.45) is 0 Å². The third-order valence-corrected chi connectivity index (χ3v) is 7.53. The van der Waals surface area contributed by atoms with E-state index >= 15 is 0 Å². The van der Waals surface area contributed by atoms with Gasteiger partial charge in [0.15, 0.2) is 11.5 Å². The summed E-state index contributed by atoms with van der Waals surface area (Å²) in [5, 5.41) is 4.85. The fourth-order valence-corrected chi connectivity index (χ4v) is 5.22. The first-order chi connectivity index (χ1) is 15.3. The van der Waals surface area contributed by atoms with Crippen LogP contribution >= 0.6 is 11.6 Å². The molecule has 0 saturated carbocycles. The second kappa shape index (κ2) is 8.85. The van der Waals surface area contributed by atoms with Crippen LogP contribution in [-0.2, 0) is 10.0 Å². The number of hydrogen-bond donors (Lipinski definition) is 0.